The Morgan fingerprint density at radius 3 is 2.44 bits per heavy atom. The molecule has 3 rings (SSSR count). The van der Waals surface area contributed by atoms with Gasteiger partial charge in [-0.25, -0.2) is 0 Å². The van der Waals surface area contributed by atoms with Gasteiger partial charge < -0.3 is 14.8 Å². The maximum atomic E-state index is 6.21. The lowest BCUT2D eigenvalue weighted by atomic mass is 9.96. The van der Waals surface area contributed by atoms with Gasteiger partial charge in [0.25, 0.3) is 0 Å². The number of hydrogen-bond donors (Lipinski definition) is 1. The van der Waals surface area contributed by atoms with E-state index in [1.165, 1.54) is 50.5 Å². The van der Waals surface area contributed by atoms with Crippen molar-refractivity contribution in [1.29, 1.82) is 0 Å². The first-order valence-electron chi connectivity index (χ1n) is 10.1. The standard InChI is InChI=1S/C23H30ClNO2/c1-26-23-15-18(16-25-20-10-5-3-2-4-6-11-20)13-14-22(23)27-17-19-9-7-8-12-21(19)24/h7-9,12-15,20,25H,2-6,10-11,16-17H2,1H3/p+1. The van der Waals surface area contributed by atoms with Crippen molar-refractivity contribution in [3.63, 3.8) is 0 Å². The SMILES string of the molecule is COc1cc(C[NH2+]C2CCCCCCC2)ccc1OCc1ccccc1Cl. The maximum Gasteiger partial charge on any atom is 0.161 e. The van der Waals surface area contributed by atoms with Crippen LogP contribution in [-0.4, -0.2) is 13.2 Å². The molecule has 2 N–H and O–H groups in total. The van der Waals surface area contributed by atoms with Crippen LogP contribution in [0, 0.1) is 0 Å². The Hall–Kier alpha value is -1.71. The number of benzene rings is 2. The van der Waals surface area contributed by atoms with Gasteiger partial charge in [0.05, 0.1) is 13.2 Å². The van der Waals surface area contributed by atoms with Crippen LogP contribution in [0.4, 0.5) is 0 Å². The molecule has 1 fully saturated rings. The number of methoxy groups -OCH3 is 1. The minimum Gasteiger partial charge on any atom is -0.493 e. The second kappa shape index (κ2) is 10.6. The minimum atomic E-state index is 0.434. The average Bonchev–Trinajstić information content (AvgIpc) is 2.67. The molecule has 146 valence electrons. The zero-order chi connectivity index (χ0) is 18.9. The molecule has 0 radical (unpaired) electrons. The highest BCUT2D eigenvalue weighted by molar-refractivity contribution is 6.31. The van der Waals surface area contributed by atoms with Gasteiger partial charge in [-0.15, -0.1) is 0 Å². The van der Waals surface area contributed by atoms with Crippen molar-refractivity contribution in [1.82, 2.24) is 0 Å². The second-order valence-electron chi connectivity index (χ2n) is 7.41. The molecular weight excluding hydrogens is 358 g/mol. The van der Waals surface area contributed by atoms with E-state index >= 15 is 0 Å². The molecule has 0 saturated heterocycles. The molecule has 4 heteroatoms. The second-order valence-corrected chi connectivity index (χ2v) is 7.82. The predicted molar refractivity (Wildman–Crippen MR) is 111 cm³/mol. The zero-order valence-corrected chi connectivity index (χ0v) is 17.0. The molecule has 27 heavy (non-hydrogen) atoms. The van der Waals surface area contributed by atoms with Gasteiger partial charge in [-0.1, -0.05) is 49.1 Å². The van der Waals surface area contributed by atoms with E-state index in [0.717, 1.165) is 34.7 Å². The van der Waals surface area contributed by atoms with Crippen molar-refractivity contribution >= 4 is 11.6 Å². The van der Waals surface area contributed by atoms with Gasteiger partial charge in [0.2, 0.25) is 0 Å². The summed E-state index contributed by atoms with van der Waals surface area (Å²) in [5.41, 5.74) is 2.25. The summed E-state index contributed by atoms with van der Waals surface area (Å²) in [7, 11) is 1.69. The van der Waals surface area contributed by atoms with Crippen molar-refractivity contribution < 1.29 is 14.8 Å². The average molecular weight is 389 g/mol. The first-order valence-corrected chi connectivity index (χ1v) is 10.5. The topological polar surface area (TPSA) is 35.1 Å². The van der Waals surface area contributed by atoms with E-state index in [9.17, 15) is 0 Å². The fraction of sp³-hybridized carbons (Fsp3) is 0.478. The number of nitrogens with two attached hydrogens (primary N) is 1. The molecule has 1 saturated carbocycles. The first-order chi connectivity index (χ1) is 13.3. The summed E-state index contributed by atoms with van der Waals surface area (Å²) in [4.78, 5) is 0. The van der Waals surface area contributed by atoms with Gasteiger partial charge in [-0.2, -0.15) is 0 Å². The quantitative estimate of drug-likeness (QED) is 0.715. The van der Waals surface area contributed by atoms with Crippen LogP contribution < -0.4 is 14.8 Å². The predicted octanol–water partition coefficient (Wildman–Crippen LogP) is 5.10. The van der Waals surface area contributed by atoms with Gasteiger partial charge in [-0.3, -0.25) is 0 Å². The molecule has 0 aliphatic heterocycles. The van der Waals surface area contributed by atoms with Gasteiger partial charge in [-0.05, 0) is 49.9 Å². The zero-order valence-electron chi connectivity index (χ0n) is 16.3. The third-order valence-corrected chi connectivity index (χ3v) is 5.77. The van der Waals surface area contributed by atoms with E-state index in [-0.39, 0.29) is 0 Å². The number of halogens is 1. The molecule has 2 aromatic carbocycles. The van der Waals surface area contributed by atoms with Crippen molar-refractivity contribution in [2.45, 2.75) is 64.1 Å². The Bertz CT molecular complexity index is 711. The van der Waals surface area contributed by atoms with Crippen LogP contribution in [0.1, 0.15) is 56.1 Å². The molecule has 0 aromatic heterocycles. The Labute approximate surface area is 168 Å². The summed E-state index contributed by atoms with van der Waals surface area (Å²) >= 11 is 6.21. The van der Waals surface area contributed by atoms with Crippen LogP contribution in [0.25, 0.3) is 0 Å². The summed E-state index contributed by atoms with van der Waals surface area (Å²) in [5.74, 6) is 1.54. The van der Waals surface area contributed by atoms with Crippen LogP contribution in [0.15, 0.2) is 42.5 Å². The Morgan fingerprint density at radius 2 is 1.70 bits per heavy atom. The summed E-state index contributed by atoms with van der Waals surface area (Å²) in [6, 6.07) is 14.8. The van der Waals surface area contributed by atoms with E-state index in [2.05, 4.69) is 17.4 Å². The van der Waals surface area contributed by atoms with Crippen molar-refractivity contribution in [3.8, 4) is 11.5 Å². The number of rotatable bonds is 7. The summed E-state index contributed by atoms with van der Waals surface area (Å²) in [6.07, 6.45) is 9.65. The maximum absolute atomic E-state index is 6.21. The Morgan fingerprint density at radius 1 is 0.963 bits per heavy atom. The lowest BCUT2D eigenvalue weighted by Gasteiger charge is -2.18. The summed E-state index contributed by atoms with van der Waals surface area (Å²) < 4.78 is 11.5. The lowest BCUT2D eigenvalue weighted by Crippen LogP contribution is -2.88. The molecule has 0 unspecified atom stereocenters. The van der Waals surface area contributed by atoms with E-state index in [4.69, 9.17) is 21.1 Å². The molecular formula is C23H31ClNO2+. The Balaban J connectivity index is 1.57. The summed E-state index contributed by atoms with van der Waals surface area (Å²) in [5, 5.41) is 3.23. The molecule has 0 amide bonds. The van der Waals surface area contributed by atoms with Crippen molar-refractivity contribution in [2.75, 3.05) is 7.11 Å². The highest BCUT2D eigenvalue weighted by Crippen LogP contribution is 2.29. The molecule has 1 aliphatic rings. The van der Waals surface area contributed by atoms with Crippen LogP contribution >= 0.6 is 11.6 Å². The minimum absolute atomic E-state index is 0.434. The fourth-order valence-electron chi connectivity index (χ4n) is 3.76. The monoisotopic (exact) mass is 388 g/mol. The fourth-order valence-corrected chi connectivity index (χ4v) is 3.95. The van der Waals surface area contributed by atoms with E-state index in [1.54, 1.807) is 7.11 Å². The highest BCUT2D eigenvalue weighted by Gasteiger charge is 2.15. The smallest absolute Gasteiger partial charge is 0.161 e. The molecule has 2 aromatic rings. The van der Waals surface area contributed by atoms with Crippen molar-refractivity contribution in [2.24, 2.45) is 0 Å². The third kappa shape index (κ3) is 6.15. The molecule has 0 bridgehead atoms. The summed E-state index contributed by atoms with van der Waals surface area (Å²) in [6.45, 7) is 1.43. The molecule has 3 nitrogen and oxygen atoms in total. The lowest BCUT2D eigenvalue weighted by molar-refractivity contribution is -0.706. The Kier molecular flexibility index (Phi) is 7.85. The third-order valence-electron chi connectivity index (χ3n) is 5.41. The van der Waals surface area contributed by atoms with Crippen LogP contribution in [0.2, 0.25) is 5.02 Å². The number of hydrogen-bond acceptors (Lipinski definition) is 2. The molecule has 1 aliphatic carbocycles. The van der Waals surface area contributed by atoms with E-state index in [0.29, 0.717) is 6.61 Å². The van der Waals surface area contributed by atoms with Crippen LogP contribution in [0.5, 0.6) is 11.5 Å². The number of quaternary nitrogens is 1. The van der Waals surface area contributed by atoms with Gasteiger partial charge in [0.15, 0.2) is 11.5 Å². The van der Waals surface area contributed by atoms with E-state index < -0.39 is 0 Å². The normalized spacial score (nSPS) is 15.8. The highest BCUT2D eigenvalue weighted by atomic mass is 35.5. The first kappa shape index (κ1) is 20.0. The van der Waals surface area contributed by atoms with Crippen molar-refractivity contribution in [3.05, 3.63) is 58.6 Å². The van der Waals surface area contributed by atoms with E-state index in [1.807, 2.05) is 30.3 Å². The van der Waals surface area contributed by atoms with Crippen LogP contribution in [-0.2, 0) is 13.2 Å². The molecule has 0 heterocycles. The van der Waals surface area contributed by atoms with Gasteiger partial charge >= 0.3 is 0 Å². The van der Waals surface area contributed by atoms with Gasteiger partial charge in [0.1, 0.15) is 13.2 Å². The number of ether oxygens (including phenoxy) is 2. The largest absolute Gasteiger partial charge is 0.493 e. The molecule has 0 spiro atoms. The molecule has 0 atom stereocenters. The van der Waals surface area contributed by atoms with Crippen LogP contribution in [0.3, 0.4) is 0 Å². The van der Waals surface area contributed by atoms with Gasteiger partial charge in [0, 0.05) is 16.1 Å².